The molecule has 0 bridgehead atoms. The number of para-hydroxylation sites is 2. The van der Waals surface area contributed by atoms with Crippen molar-refractivity contribution in [2.24, 2.45) is 0 Å². The molecule has 1 amide bonds. The number of ether oxygens (including phenoxy) is 2. The first-order valence-corrected chi connectivity index (χ1v) is 7.54. The molecule has 1 saturated carbocycles. The fraction of sp³-hybridized carbons (Fsp3) is 0.562. The number of benzene rings is 1. The zero-order chi connectivity index (χ0) is 14.8. The molecule has 1 heterocycles. The van der Waals surface area contributed by atoms with Crippen LogP contribution in [0, 0.1) is 0 Å². The Kier molecular flexibility index (Phi) is 4.01. The summed E-state index contributed by atoms with van der Waals surface area (Å²) in [4.78, 5) is 12.4. The molecule has 4 atom stereocenters. The summed E-state index contributed by atoms with van der Waals surface area (Å²) in [6.07, 6.45) is 1.97. The molecular formula is C16H21NO4. The van der Waals surface area contributed by atoms with Gasteiger partial charge in [-0.3, -0.25) is 4.79 Å². The molecule has 0 saturated heterocycles. The first-order chi connectivity index (χ1) is 10.1. The van der Waals surface area contributed by atoms with E-state index >= 15 is 0 Å². The van der Waals surface area contributed by atoms with Crippen LogP contribution < -0.4 is 14.8 Å². The van der Waals surface area contributed by atoms with E-state index < -0.39 is 6.10 Å². The summed E-state index contributed by atoms with van der Waals surface area (Å²) in [6.45, 7) is 1.83. The van der Waals surface area contributed by atoms with E-state index in [2.05, 4.69) is 5.32 Å². The van der Waals surface area contributed by atoms with Gasteiger partial charge in [0.15, 0.2) is 11.5 Å². The SMILES string of the molecule is CC1Oc2ccccc2OC1C(=O)NC1CCCC(O)C1. The molecule has 0 radical (unpaired) electrons. The van der Waals surface area contributed by atoms with Crippen molar-refractivity contribution in [1.82, 2.24) is 5.32 Å². The predicted octanol–water partition coefficient (Wildman–Crippen LogP) is 1.63. The van der Waals surface area contributed by atoms with Crippen LogP contribution in [0.1, 0.15) is 32.6 Å². The van der Waals surface area contributed by atoms with Gasteiger partial charge >= 0.3 is 0 Å². The zero-order valence-electron chi connectivity index (χ0n) is 12.1. The molecule has 1 aromatic carbocycles. The van der Waals surface area contributed by atoms with Crippen molar-refractivity contribution >= 4 is 5.91 Å². The van der Waals surface area contributed by atoms with E-state index in [-0.39, 0.29) is 24.2 Å². The molecule has 1 aliphatic carbocycles. The highest BCUT2D eigenvalue weighted by Crippen LogP contribution is 2.33. The number of fused-ring (bicyclic) bond motifs is 1. The minimum absolute atomic E-state index is 0.0224. The van der Waals surface area contributed by atoms with Gasteiger partial charge in [0.25, 0.3) is 5.91 Å². The number of carbonyl (C=O) groups excluding carboxylic acids is 1. The van der Waals surface area contributed by atoms with Crippen molar-refractivity contribution in [3.05, 3.63) is 24.3 Å². The number of aliphatic hydroxyl groups excluding tert-OH is 1. The maximum absolute atomic E-state index is 12.4. The van der Waals surface area contributed by atoms with Crippen LogP contribution in [-0.4, -0.2) is 35.4 Å². The van der Waals surface area contributed by atoms with E-state index in [1.54, 1.807) is 6.07 Å². The van der Waals surface area contributed by atoms with Crippen molar-refractivity contribution in [1.29, 1.82) is 0 Å². The lowest BCUT2D eigenvalue weighted by atomic mass is 9.93. The second kappa shape index (κ2) is 5.93. The van der Waals surface area contributed by atoms with E-state index in [0.717, 1.165) is 19.3 Å². The van der Waals surface area contributed by atoms with Gasteiger partial charge in [-0.1, -0.05) is 12.1 Å². The number of aliphatic hydroxyl groups is 1. The standard InChI is InChI=1S/C16H21NO4/c1-10-15(21-14-8-3-2-7-13(14)20-10)16(19)17-11-5-4-6-12(18)9-11/h2-3,7-8,10-12,15,18H,4-6,9H2,1H3,(H,17,19). The van der Waals surface area contributed by atoms with Crippen LogP contribution in [0.15, 0.2) is 24.3 Å². The molecule has 5 nitrogen and oxygen atoms in total. The van der Waals surface area contributed by atoms with Crippen LogP contribution in [0.25, 0.3) is 0 Å². The molecule has 114 valence electrons. The van der Waals surface area contributed by atoms with Crippen molar-refractivity contribution < 1.29 is 19.4 Å². The van der Waals surface area contributed by atoms with Gasteiger partial charge < -0.3 is 19.9 Å². The van der Waals surface area contributed by atoms with Gasteiger partial charge in [-0.15, -0.1) is 0 Å². The van der Waals surface area contributed by atoms with Gasteiger partial charge in [0.1, 0.15) is 6.10 Å². The third kappa shape index (κ3) is 3.13. The summed E-state index contributed by atoms with van der Waals surface area (Å²) in [5, 5.41) is 12.7. The molecule has 5 heteroatoms. The molecule has 0 aromatic heterocycles. The molecular weight excluding hydrogens is 270 g/mol. The van der Waals surface area contributed by atoms with Crippen LogP contribution in [0.4, 0.5) is 0 Å². The Balaban J connectivity index is 1.65. The molecule has 1 aliphatic heterocycles. The van der Waals surface area contributed by atoms with Crippen LogP contribution in [0.3, 0.4) is 0 Å². The average Bonchev–Trinajstić information content (AvgIpc) is 2.46. The fourth-order valence-corrected chi connectivity index (χ4v) is 2.98. The van der Waals surface area contributed by atoms with E-state index in [9.17, 15) is 9.90 Å². The van der Waals surface area contributed by atoms with Crippen molar-refractivity contribution in [2.45, 2.75) is 57.0 Å². The Labute approximate surface area is 124 Å². The molecule has 3 rings (SSSR count). The normalized spacial score (nSPS) is 31.5. The van der Waals surface area contributed by atoms with Crippen LogP contribution >= 0.6 is 0 Å². The summed E-state index contributed by atoms with van der Waals surface area (Å²) in [5.41, 5.74) is 0. The maximum Gasteiger partial charge on any atom is 0.265 e. The summed E-state index contributed by atoms with van der Waals surface area (Å²) >= 11 is 0. The van der Waals surface area contributed by atoms with Gasteiger partial charge in [0, 0.05) is 6.04 Å². The highest BCUT2D eigenvalue weighted by Gasteiger charge is 2.35. The molecule has 4 unspecified atom stereocenters. The lowest BCUT2D eigenvalue weighted by Crippen LogP contribution is -2.52. The highest BCUT2D eigenvalue weighted by molar-refractivity contribution is 5.82. The largest absolute Gasteiger partial charge is 0.482 e. The first-order valence-electron chi connectivity index (χ1n) is 7.54. The Hall–Kier alpha value is -1.75. The minimum atomic E-state index is -0.654. The summed E-state index contributed by atoms with van der Waals surface area (Å²) in [5.74, 6) is 1.10. The lowest BCUT2D eigenvalue weighted by Gasteiger charge is -2.33. The smallest absolute Gasteiger partial charge is 0.265 e. The van der Waals surface area contributed by atoms with Crippen molar-refractivity contribution in [3.63, 3.8) is 0 Å². The number of nitrogens with one attached hydrogen (secondary N) is 1. The van der Waals surface area contributed by atoms with Gasteiger partial charge in [-0.25, -0.2) is 0 Å². The van der Waals surface area contributed by atoms with Crippen molar-refractivity contribution in [2.75, 3.05) is 0 Å². The molecule has 2 aliphatic rings. The summed E-state index contributed by atoms with van der Waals surface area (Å²) < 4.78 is 11.5. The van der Waals surface area contributed by atoms with Crippen LogP contribution in [-0.2, 0) is 4.79 Å². The third-order valence-electron chi connectivity index (χ3n) is 4.09. The van der Waals surface area contributed by atoms with E-state index in [4.69, 9.17) is 9.47 Å². The Morgan fingerprint density at radius 3 is 2.67 bits per heavy atom. The quantitative estimate of drug-likeness (QED) is 0.869. The number of amides is 1. The van der Waals surface area contributed by atoms with E-state index in [1.807, 2.05) is 25.1 Å². The second-order valence-corrected chi connectivity index (χ2v) is 5.83. The second-order valence-electron chi connectivity index (χ2n) is 5.83. The number of rotatable bonds is 2. The average molecular weight is 291 g/mol. The van der Waals surface area contributed by atoms with Gasteiger partial charge in [0.05, 0.1) is 6.10 Å². The third-order valence-corrected chi connectivity index (χ3v) is 4.09. The number of hydrogen-bond donors (Lipinski definition) is 2. The van der Waals surface area contributed by atoms with Crippen LogP contribution in [0.5, 0.6) is 11.5 Å². The molecule has 0 spiro atoms. The molecule has 21 heavy (non-hydrogen) atoms. The molecule has 1 fully saturated rings. The fourth-order valence-electron chi connectivity index (χ4n) is 2.98. The summed E-state index contributed by atoms with van der Waals surface area (Å²) in [7, 11) is 0. The van der Waals surface area contributed by atoms with Crippen molar-refractivity contribution in [3.8, 4) is 11.5 Å². The minimum Gasteiger partial charge on any atom is -0.482 e. The van der Waals surface area contributed by atoms with Crippen LogP contribution in [0.2, 0.25) is 0 Å². The zero-order valence-corrected chi connectivity index (χ0v) is 12.1. The maximum atomic E-state index is 12.4. The molecule has 1 aromatic rings. The number of hydrogen-bond acceptors (Lipinski definition) is 4. The van der Waals surface area contributed by atoms with E-state index in [0.29, 0.717) is 17.9 Å². The Morgan fingerprint density at radius 2 is 1.95 bits per heavy atom. The van der Waals surface area contributed by atoms with Gasteiger partial charge in [-0.05, 0) is 44.7 Å². The van der Waals surface area contributed by atoms with E-state index in [1.165, 1.54) is 0 Å². The Morgan fingerprint density at radius 1 is 1.24 bits per heavy atom. The Bertz CT molecular complexity index is 519. The highest BCUT2D eigenvalue weighted by atomic mass is 16.6. The molecule has 2 N–H and O–H groups in total. The first kappa shape index (κ1) is 14.2. The van der Waals surface area contributed by atoms with Gasteiger partial charge in [-0.2, -0.15) is 0 Å². The lowest BCUT2D eigenvalue weighted by molar-refractivity contribution is -0.134. The van der Waals surface area contributed by atoms with Gasteiger partial charge in [0.2, 0.25) is 6.10 Å². The predicted molar refractivity (Wildman–Crippen MR) is 77.4 cm³/mol. The monoisotopic (exact) mass is 291 g/mol. The number of carbonyl (C=O) groups is 1. The topological polar surface area (TPSA) is 67.8 Å². The summed E-state index contributed by atoms with van der Waals surface area (Å²) in [6, 6.07) is 7.38.